The maximum absolute atomic E-state index is 9.80. The van der Waals surface area contributed by atoms with Gasteiger partial charge in [-0.3, -0.25) is 5.43 Å². The molecule has 0 aliphatic heterocycles. The quantitative estimate of drug-likeness (QED) is 0.623. The van der Waals surface area contributed by atoms with Gasteiger partial charge in [0.2, 0.25) is 0 Å². The highest BCUT2D eigenvalue weighted by Crippen LogP contribution is 2.31. The molecule has 4 nitrogen and oxygen atoms in total. The van der Waals surface area contributed by atoms with Crippen LogP contribution in [0.25, 0.3) is 0 Å². The third-order valence-corrected chi connectivity index (χ3v) is 4.22. The van der Waals surface area contributed by atoms with Crippen LogP contribution in [-0.2, 0) is 6.42 Å². The number of hydrogen-bond acceptors (Lipinski definition) is 4. The van der Waals surface area contributed by atoms with Crippen molar-refractivity contribution in [2.24, 2.45) is 5.10 Å². The van der Waals surface area contributed by atoms with E-state index in [-0.39, 0.29) is 10.2 Å². The van der Waals surface area contributed by atoms with Crippen molar-refractivity contribution >= 4 is 46.3 Å². The molecule has 2 aromatic rings. The van der Waals surface area contributed by atoms with Gasteiger partial charge in [-0.25, -0.2) is 4.98 Å². The summed E-state index contributed by atoms with van der Waals surface area (Å²) >= 11 is 17.7. The average molecular weight is 343 g/mol. The van der Waals surface area contributed by atoms with E-state index in [9.17, 15) is 5.11 Å². The van der Waals surface area contributed by atoms with Gasteiger partial charge in [-0.1, -0.05) is 46.9 Å². The van der Waals surface area contributed by atoms with Gasteiger partial charge in [-0.15, -0.1) is 0 Å². The number of hydrogen-bond donors (Lipinski definition) is 2. The highest BCUT2D eigenvalue weighted by atomic mass is 35.5. The van der Waals surface area contributed by atoms with Gasteiger partial charge >= 0.3 is 0 Å². The van der Waals surface area contributed by atoms with Crippen molar-refractivity contribution in [3.05, 3.63) is 50.6 Å². The summed E-state index contributed by atoms with van der Waals surface area (Å²) in [6.45, 7) is 0. The van der Waals surface area contributed by atoms with Gasteiger partial charge in [-0.05, 0) is 25.0 Å². The number of anilines is 1. The van der Waals surface area contributed by atoms with Crippen molar-refractivity contribution < 1.29 is 5.11 Å². The van der Waals surface area contributed by atoms with E-state index in [0.717, 1.165) is 29.7 Å². The molecule has 0 atom stereocenters. The Bertz CT molecular complexity index is 746. The van der Waals surface area contributed by atoms with Crippen LogP contribution < -0.4 is 5.43 Å². The summed E-state index contributed by atoms with van der Waals surface area (Å²) in [4.78, 5) is 4.04. The van der Waals surface area contributed by atoms with Crippen LogP contribution >= 0.6 is 34.8 Å². The number of aromatic hydroxyl groups is 1. The van der Waals surface area contributed by atoms with Gasteiger partial charge in [0.15, 0.2) is 5.82 Å². The average Bonchev–Trinajstić information content (AvgIpc) is 2.86. The number of nitrogens with zero attached hydrogens (tertiary/aromatic N) is 2. The van der Waals surface area contributed by atoms with Crippen molar-refractivity contribution in [3.63, 3.8) is 0 Å². The second-order valence-corrected chi connectivity index (χ2v) is 5.74. The Balaban J connectivity index is 1.89. The summed E-state index contributed by atoms with van der Waals surface area (Å²) in [7, 11) is 0. The second-order valence-electron chi connectivity index (χ2n) is 4.56. The molecule has 0 amide bonds. The molecule has 1 aromatic heterocycles. The van der Waals surface area contributed by atoms with Crippen LogP contribution in [0.3, 0.4) is 0 Å². The lowest BCUT2D eigenvalue weighted by Crippen LogP contribution is -2.01. The Morgan fingerprint density at radius 2 is 1.95 bits per heavy atom. The maximum atomic E-state index is 9.80. The number of nitrogens with one attached hydrogen (secondary N) is 1. The van der Waals surface area contributed by atoms with Gasteiger partial charge in [0.05, 0.1) is 15.8 Å². The molecule has 0 unspecified atom stereocenters. The Morgan fingerprint density at radius 3 is 2.76 bits per heavy atom. The molecule has 0 saturated carbocycles. The molecule has 108 valence electrons. The Kier molecular flexibility index (Phi) is 3.93. The van der Waals surface area contributed by atoms with E-state index in [1.54, 1.807) is 12.1 Å². The zero-order chi connectivity index (χ0) is 15.0. The van der Waals surface area contributed by atoms with Crippen LogP contribution in [-0.4, -0.2) is 15.8 Å². The first kappa shape index (κ1) is 14.4. The Hall–Kier alpha value is -1.49. The number of aromatic nitrogens is 1. The zero-order valence-corrected chi connectivity index (χ0v) is 13.0. The highest BCUT2D eigenvalue weighted by Gasteiger charge is 2.20. The standard InChI is InChI=1S/C14H10Cl3N3O/c15-9-6-10(16)14(18-13(9)17)20-19-11-5-4-8-7(11)2-1-3-12(8)21/h1-3,6,21H,4-5H2,(H,18,20)/b19-11-. The molecule has 0 fully saturated rings. The minimum absolute atomic E-state index is 0.160. The molecular weight excluding hydrogens is 333 g/mol. The summed E-state index contributed by atoms with van der Waals surface area (Å²) in [5.41, 5.74) is 5.48. The van der Waals surface area contributed by atoms with E-state index in [4.69, 9.17) is 34.8 Å². The fourth-order valence-corrected chi connectivity index (χ4v) is 2.78. The summed E-state index contributed by atoms with van der Waals surface area (Å²) in [5, 5.41) is 14.9. The van der Waals surface area contributed by atoms with E-state index >= 15 is 0 Å². The largest absolute Gasteiger partial charge is 0.508 e. The maximum Gasteiger partial charge on any atom is 0.166 e. The molecule has 1 aliphatic rings. The number of rotatable bonds is 2. The molecule has 0 bridgehead atoms. The summed E-state index contributed by atoms with van der Waals surface area (Å²) in [6.07, 6.45) is 1.49. The smallest absolute Gasteiger partial charge is 0.166 e. The van der Waals surface area contributed by atoms with Crippen LogP contribution in [0.15, 0.2) is 29.4 Å². The molecule has 0 radical (unpaired) electrons. The number of benzene rings is 1. The number of hydrazone groups is 1. The minimum atomic E-state index is 0.160. The molecule has 3 rings (SSSR count). The molecule has 1 aliphatic carbocycles. The molecule has 2 N–H and O–H groups in total. The fraction of sp³-hybridized carbons (Fsp3) is 0.143. The molecular formula is C14H10Cl3N3O. The van der Waals surface area contributed by atoms with Crippen molar-refractivity contribution in [2.75, 3.05) is 5.43 Å². The number of fused-ring (bicyclic) bond motifs is 1. The summed E-state index contributed by atoms with van der Waals surface area (Å²) in [5.74, 6) is 0.635. The molecule has 0 spiro atoms. The molecule has 7 heteroatoms. The number of phenolic OH excluding ortho intramolecular Hbond substituents is 1. The molecule has 1 aromatic carbocycles. The normalized spacial score (nSPS) is 15.3. The fourth-order valence-electron chi connectivity index (χ4n) is 2.24. The van der Waals surface area contributed by atoms with E-state index in [1.807, 2.05) is 6.07 Å². The van der Waals surface area contributed by atoms with Crippen molar-refractivity contribution in [3.8, 4) is 5.75 Å². The highest BCUT2D eigenvalue weighted by molar-refractivity contribution is 6.42. The van der Waals surface area contributed by atoms with Crippen LogP contribution in [0, 0.1) is 0 Å². The molecule has 21 heavy (non-hydrogen) atoms. The summed E-state index contributed by atoms with van der Waals surface area (Å²) in [6, 6.07) is 6.90. The first-order chi connectivity index (χ1) is 10.1. The first-order valence-electron chi connectivity index (χ1n) is 6.21. The number of phenols is 1. The first-order valence-corrected chi connectivity index (χ1v) is 7.35. The topological polar surface area (TPSA) is 57.5 Å². The van der Waals surface area contributed by atoms with Gasteiger partial charge in [0.1, 0.15) is 10.9 Å². The van der Waals surface area contributed by atoms with E-state index in [1.165, 1.54) is 6.07 Å². The Labute approximate surface area is 136 Å². The minimum Gasteiger partial charge on any atom is -0.508 e. The summed E-state index contributed by atoms with van der Waals surface area (Å²) < 4.78 is 0. The van der Waals surface area contributed by atoms with Gasteiger partial charge in [-0.2, -0.15) is 5.10 Å². The number of pyridine rings is 1. The lowest BCUT2D eigenvalue weighted by Gasteiger charge is -2.06. The lowest BCUT2D eigenvalue weighted by molar-refractivity contribution is 0.469. The second kappa shape index (κ2) is 5.72. The van der Waals surface area contributed by atoms with Crippen molar-refractivity contribution in [1.29, 1.82) is 0 Å². The molecule has 1 heterocycles. The van der Waals surface area contributed by atoms with Gasteiger partial charge in [0.25, 0.3) is 0 Å². The van der Waals surface area contributed by atoms with Crippen LogP contribution in [0.4, 0.5) is 5.82 Å². The SMILES string of the molecule is Oc1cccc2c1CC/C2=N/Nc1nc(Cl)c(Cl)cc1Cl. The van der Waals surface area contributed by atoms with Crippen LogP contribution in [0.2, 0.25) is 15.2 Å². The third-order valence-electron chi connectivity index (χ3n) is 3.26. The van der Waals surface area contributed by atoms with Gasteiger partial charge < -0.3 is 5.11 Å². The predicted molar refractivity (Wildman–Crippen MR) is 85.9 cm³/mol. The van der Waals surface area contributed by atoms with E-state index in [2.05, 4.69) is 15.5 Å². The lowest BCUT2D eigenvalue weighted by atomic mass is 10.1. The van der Waals surface area contributed by atoms with E-state index in [0.29, 0.717) is 16.6 Å². The Morgan fingerprint density at radius 1 is 1.14 bits per heavy atom. The van der Waals surface area contributed by atoms with Gasteiger partial charge in [0, 0.05) is 11.1 Å². The van der Waals surface area contributed by atoms with Crippen LogP contribution in [0.5, 0.6) is 5.75 Å². The monoisotopic (exact) mass is 341 g/mol. The predicted octanol–water partition coefficient (Wildman–Crippen LogP) is 4.51. The van der Waals surface area contributed by atoms with Crippen LogP contribution in [0.1, 0.15) is 17.5 Å². The van der Waals surface area contributed by atoms with Crippen molar-refractivity contribution in [1.82, 2.24) is 4.98 Å². The third kappa shape index (κ3) is 2.79. The number of halogens is 3. The molecule has 0 saturated heterocycles. The van der Waals surface area contributed by atoms with Crippen molar-refractivity contribution in [2.45, 2.75) is 12.8 Å². The zero-order valence-electron chi connectivity index (χ0n) is 10.7. The van der Waals surface area contributed by atoms with E-state index < -0.39 is 0 Å².